The van der Waals surface area contributed by atoms with Crippen molar-refractivity contribution < 1.29 is 18.3 Å². The molecule has 1 saturated heterocycles. The number of carboxylic acids is 1. The number of carbonyl (C=O) groups is 1. The monoisotopic (exact) mass is 359 g/mol. The number of nitrogens with zero attached hydrogens (tertiary/aromatic N) is 1. The molecule has 2 aromatic rings. The molecule has 1 aliphatic heterocycles. The van der Waals surface area contributed by atoms with Gasteiger partial charge in [0.1, 0.15) is 0 Å². The van der Waals surface area contributed by atoms with Crippen LogP contribution in [0, 0.1) is 5.92 Å². The molecule has 5 nitrogen and oxygen atoms in total. The number of carboxylic acid groups (broad SMARTS) is 1. The van der Waals surface area contributed by atoms with Gasteiger partial charge in [-0.15, -0.1) is 0 Å². The molecule has 0 spiro atoms. The number of hydrogen-bond acceptors (Lipinski definition) is 4. The first-order valence-corrected chi connectivity index (χ1v) is 9.79. The van der Waals surface area contributed by atoms with Crippen LogP contribution in [0.2, 0.25) is 0 Å². The molecule has 1 N–H and O–H groups in total. The molecule has 0 saturated carbocycles. The van der Waals surface area contributed by atoms with Crippen molar-refractivity contribution in [1.82, 2.24) is 4.90 Å². The first-order valence-electron chi connectivity index (χ1n) is 8.31. The number of sulfone groups is 1. The summed E-state index contributed by atoms with van der Waals surface area (Å²) >= 11 is 0. The fourth-order valence-corrected chi connectivity index (χ4v) is 4.39. The van der Waals surface area contributed by atoms with Crippen molar-refractivity contribution in [2.45, 2.75) is 29.2 Å². The van der Waals surface area contributed by atoms with Crippen molar-refractivity contribution in [2.24, 2.45) is 5.92 Å². The van der Waals surface area contributed by atoms with E-state index in [2.05, 4.69) is 4.90 Å². The zero-order valence-corrected chi connectivity index (χ0v) is 14.7. The third kappa shape index (κ3) is 4.08. The van der Waals surface area contributed by atoms with Gasteiger partial charge < -0.3 is 5.11 Å². The zero-order chi connectivity index (χ0) is 17.9. The van der Waals surface area contributed by atoms with E-state index in [9.17, 15) is 13.2 Å². The summed E-state index contributed by atoms with van der Waals surface area (Å²) in [6, 6.07) is 15.3. The van der Waals surface area contributed by atoms with Gasteiger partial charge in [-0.3, -0.25) is 9.69 Å². The van der Waals surface area contributed by atoms with Crippen molar-refractivity contribution in [1.29, 1.82) is 0 Å². The molecular formula is C19H21NO4S. The largest absolute Gasteiger partial charge is 0.481 e. The quantitative estimate of drug-likeness (QED) is 0.888. The maximum absolute atomic E-state index is 12.6. The Morgan fingerprint density at radius 1 is 0.960 bits per heavy atom. The Morgan fingerprint density at radius 2 is 1.52 bits per heavy atom. The highest BCUT2D eigenvalue weighted by atomic mass is 32.2. The average Bonchev–Trinajstić information content (AvgIpc) is 2.63. The molecule has 0 atom stereocenters. The lowest BCUT2D eigenvalue weighted by molar-refractivity contribution is -0.143. The van der Waals surface area contributed by atoms with E-state index in [-0.39, 0.29) is 10.8 Å². The summed E-state index contributed by atoms with van der Waals surface area (Å²) in [6.45, 7) is 2.21. The van der Waals surface area contributed by atoms with Crippen molar-refractivity contribution in [3.05, 3.63) is 60.2 Å². The number of hydrogen-bond donors (Lipinski definition) is 1. The number of piperidine rings is 1. The smallest absolute Gasteiger partial charge is 0.306 e. The van der Waals surface area contributed by atoms with Gasteiger partial charge in [0, 0.05) is 6.54 Å². The molecule has 2 aromatic carbocycles. The van der Waals surface area contributed by atoms with Gasteiger partial charge in [0.15, 0.2) is 0 Å². The van der Waals surface area contributed by atoms with Gasteiger partial charge in [-0.2, -0.15) is 0 Å². The molecule has 25 heavy (non-hydrogen) atoms. The predicted octanol–water partition coefficient (Wildman–Crippen LogP) is 2.82. The highest BCUT2D eigenvalue weighted by Crippen LogP contribution is 2.22. The van der Waals surface area contributed by atoms with Crippen LogP contribution in [0.15, 0.2) is 64.4 Å². The van der Waals surface area contributed by atoms with Crippen LogP contribution in [0.5, 0.6) is 0 Å². The number of likely N-dealkylation sites (tertiary alicyclic amines) is 1. The van der Waals surface area contributed by atoms with E-state index in [4.69, 9.17) is 5.11 Å². The Hall–Kier alpha value is -2.18. The molecule has 1 aliphatic rings. The summed E-state index contributed by atoms with van der Waals surface area (Å²) in [7, 11) is -3.48. The lowest BCUT2D eigenvalue weighted by atomic mass is 9.97. The van der Waals surface area contributed by atoms with Crippen molar-refractivity contribution in [2.75, 3.05) is 13.1 Å². The third-order valence-corrected chi connectivity index (χ3v) is 6.42. The Balaban J connectivity index is 1.66. The molecule has 3 rings (SSSR count). The molecule has 0 bridgehead atoms. The minimum atomic E-state index is -3.48. The average molecular weight is 359 g/mol. The van der Waals surface area contributed by atoms with E-state index in [1.165, 1.54) is 0 Å². The summed E-state index contributed by atoms with van der Waals surface area (Å²) in [5, 5.41) is 9.04. The number of benzene rings is 2. The Morgan fingerprint density at radius 3 is 2.08 bits per heavy atom. The predicted molar refractivity (Wildman–Crippen MR) is 94.0 cm³/mol. The maximum Gasteiger partial charge on any atom is 0.306 e. The number of aliphatic carboxylic acids is 1. The molecule has 0 amide bonds. The molecule has 6 heteroatoms. The van der Waals surface area contributed by atoms with Gasteiger partial charge in [-0.1, -0.05) is 30.3 Å². The van der Waals surface area contributed by atoms with E-state index in [1.54, 1.807) is 42.5 Å². The summed E-state index contributed by atoms with van der Waals surface area (Å²) < 4.78 is 25.1. The highest BCUT2D eigenvalue weighted by molar-refractivity contribution is 7.91. The Bertz CT molecular complexity index is 823. The first kappa shape index (κ1) is 17.6. The van der Waals surface area contributed by atoms with Crippen molar-refractivity contribution in [3.63, 3.8) is 0 Å². The van der Waals surface area contributed by atoms with Gasteiger partial charge in [-0.25, -0.2) is 8.42 Å². The summed E-state index contributed by atoms with van der Waals surface area (Å²) in [4.78, 5) is 13.8. The van der Waals surface area contributed by atoms with E-state index in [0.717, 1.165) is 18.7 Å². The lowest BCUT2D eigenvalue weighted by Gasteiger charge is -2.30. The molecule has 1 heterocycles. The van der Waals surface area contributed by atoms with E-state index < -0.39 is 15.8 Å². The normalized spacial score (nSPS) is 16.6. The highest BCUT2D eigenvalue weighted by Gasteiger charge is 2.24. The molecule has 1 fully saturated rings. The maximum atomic E-state index is 12.6. The summed E-state index contributed by atoms with van der Waals surface area (Å²) in [5.41, 5.74) is 1.03. The minimum absolute atomic E-state index is 0.241. The third-order valence-electron chi connectivity index (χ3n) is 4.63. The molecular weight excluding hydrogens is 338 g/mol. The van der Waals surface area contributed by atoms with Crippen molar-refractivity contribution in [3.8, 4) is 0 Å². The van der Waals surface area contributed by atoms with Crippen LogP contribution in [-0.4, -0.2) is 37.5 Å². The Kier molecular flexibility index (Phi) is 5.20. The van der Waals surface area contributed by atoms with Gasteiger partial charge in [0.25, 0.3) is 0 Å². The summed E-state index contributed by atoms with van der Waals surface area (Å²) in [5.74, 6) is -0.954. The fraction of sp³-hybridized carbons (Fsp3) is 0.316. The van der Waals surface area contributed by atoms with E-state index >= 15 is 0 Å². The molecule has 0 aromatic heterocycles. The van der Waals surface area contributed by atoms with Gasteiger partial charge in [-0.05, 0) is 55.8 Å². The fourth-order valence-electron chi connectivity index (χ4n) is 3.11. The second kappa shape index (κ2) is 7.37. The van der Waals surface area contributed by atoms with Crippen LogP contribution in [0.4, 0.5) is 0 Å². The van der Waals surface area contributed by atoms with Gasteiger partial charge in [0.05, 0.1) is 15.7 Å². The van der Waals surface area contributed by atoms with Crippen LogP contribution < -0.4 is 0 Å². The molecule has 0 aliphatic carbocycles. The lowest BCUT2D eigenvalue weighted by Crippen LogP contribution is -2.35. The molecule has 132 valence electrons. The first-order chi connectivity index (χ1) is 12.0. The Labute approximate surface area is 147 Å². The topological polar surface area (TPSA) is 74.7 Å². The standard InChI is InChI=1S/C19H21NO4S/c21-19(22)16-10-12-20(13-11-16)14-15-6-8-18(9-7-15)25(23,24)17-4-2-1-3-5-17/h1-9,16H,10-14H2,(H,21,22). The van der Waals surface area contributed by atoms with Crippen LogP contribution in [0.3, 0.4) is 0 Å². The summed E-state index contributed by atoms with van der Waals surface area (Å²) in [6.07, 6.45) is 1.33. The minimum Gasteiger partial charge on any atom is -0.481 e. The van der Waals surface area contributed by atoms with Crippen LogP contribution in [-0.2, 0) is 21.2 Å². The molecule has 0 radical (unpaired) electrons. The van der Waals surface area contributed by atoms with Crippen LogP contribution in [0.25, 0.3) is 0 Å². The van der Waals surface area contributed by atoms with Crippen LogP contribution in [0.1, 0.15) is 18.4 Å². The molecule has 0 unspecified atom stereocenters. The second-order valence-corrected chi connectivity index (χ2v) is 8.30. The SMILES string of the molecule is O=C(O)C1CCN(Cc2ccc(S(=O)(=O)c3ccccc3)cc2)CC1. The van der Waals surface area contributed by atoms with Gasteiger partial charge in [0.2, 0.25) is 9.84 Å². The van der Waals surface area contributed by atoms with Crippen LogP contribution >= 0.6 is 0 Å². The zero-order valence-electron chi connectivity index (χ0n) is 13.8. The second-order valence-electron chi connectivity index (χ2n) is 6.35. The van der Waals surface area contributed by atoms with E-state index in [1.807, 2.05) is 12.1 Å². The van der Waals surface area contributed by atoms with Gasteiger partial charge >= 0.3 is 5.97 Å². The number of rotatable bonds is 5. The van der Waals surface area contributed by atoms with Crippen molar-refractivity contribution >= 4 is 15.8 Å². The van der Waals surface area contributed by atoms with E-state index in [0.29, 0.717) is 24.3 Å².